The maximum atomic E-state index is 12.8. The minimum absolute atomic E-state index is 0.0281. The molecule has 0 aliphatic carbocycles. The minimum Gasteiger partial charge on any atom is -0.507 e. The highest BCUT2D eigenvalue weighted by molar-refractivity contribution is 5.79. The monoisotopic (exact) mass is 450 g/mol. The quantitative estimate of drug-likeness (QED) is 0.581. The van der Waals surface area contributed by atoms with Gasteiger partial charge >= 0.3 is 0 Å². The van der Waals surface area contributed by atoms with Gasteiger partial charge in [-0.05, 0) is 65.9 Å². The molecule has 0 bridgehead atoms. The third-order valence-corrected chi connectivity index (χ3v) is 6.81. The molecule has 1 heterocycles. The fraction of sp³-hybridized carbons (Fsp3) is 0.552. The molecule has 0 aromatic heterocycles. The van der Waals surface area contributed by atoms with E-state index in [9.17, 15) is 9.90 Å². The number of carbonyl (C=O) groups is 1. The van der Waals surface area contributed by atoms with Gasteiger partial charge in [-0.2, -0.15) is 0 Å². The summed E-state index contributed by atoms with van der Waals surface area (Å²) in [6.45, 7) is 17.6. The van der Waals surface area contributed by atoms with Crippen molar-refractivity contribution < 1.29 is 9.90 Å². The number of carbonyl (C=O) groups excluding carboxylic acids is 1. The third-order valence-electron chi connectivity index (χ3n) is 6.81. The molecule has 3 rings (SSSR count). The van der Waals surface area contributed by atoms with E-state index in [1.807, 2.05) is 25.1 Å². The van der Waals surface area contributed by atoms with Crippen LogP contribution < -0.4 is 5.32 Å². The largest absolute Gasteiger partial charge is 0.507 e. The summed E-state index contributed by atoms with van der Waals surface area (Å²) in [7, 11) is 0. The summed E-state index contributed by atoms with van der Waals surface area (Å²) in [5.74, 6) is 0.671. The number of nitrogens with zero attached hydrogens (tertiary/aromatic N) is 1. The van der Waals surface area contributed by atoms with E-state index in [1.54, 1.807) is 0 Å². The molecule has 1 aliphatic heterocycles. The highest BCUT2D eigenvalue weighted by atomic mass is 16.3. The molecule has 1 unspecified atom stereocenters. The first-order chi connectivity index (χ1) is 15.4. The van der Waals surface area contributed by atoms with Crippen LogP contribution in [0.25, 0.3) is 0 Å². The molecule has 2 aromatic rings. The number of likely N-dealkylation sites (tertiary alicyclic amines) is 1. The molecule has 1 saturated heterocycles. The van der Waals surface area contributed by atoms with Gasteiger partial charge in [0.05, 0.1) is 6.04 Å². The molecule has 33 heavy (non-hydrogen) atoms. The molecular formula is C29H42N2O2. The zero-order valence-electron chi connectivity index (χ0n) is 21.5. The molecule has 2 aromatic carbocycles. The molecular weight excluding hydrogens is 408 g/mol. The zero-order chi connectivity index (χ0) is 24.4. The van der Waals surface area contributed by atoms with Crippen molar-refractivity contribution in [3.63, 3.8) is 0 Å². The number of amides is 1. The van der Waals surface area contributed by atoms with Crippen LogP contribution in [0.2, 0.25) is 0 Å². The summed E-state index contributed by atoms with van der Waals surface area (Å²) >= 11 is 0. The van der Waals surface area contributed by atoms with Crippen molar-refractivity contribution in [3.05, 3.63) is 64.7 Å². The summed E-state index contributed by atoms with van der Waals surface area (Å²) in [6.07, 6.45) is 1.76. The van der Waals surface area contributed by atoms with Crippen LogP contribution in [0, 0.1) is 5.92 Å². The van der Waals surface area contributed by atoms with Crippen LogP contribution in [0.5, 0.6) is 5.75 Å². The third kappa shape index (κ3) is 6.38. The van der Waals surface area contributed by atoms with E-state index in [-0.39, 0.29) is 28.7 Å². The van der Waals surface area contributed by atoms with Crippen LogP contribution in [-0.2, 0) is 22.2 Å². The predicted molar refractivity (Wildman–Crippen MR) is 137 cm³/mol. The van der Waals surface area contributed by atoms with E-state index in [4.69, 9.17) is 0 Å². The smallest absolute Gasteiger partial charge is 0.223 e. The van der Waals surface area contributed by atoms with Crippen LogP contribution in [0.3, 0.4) is 0 Å². The molecule has 1 fully saturated rings. The molecule has 0 spiro atoms. The van der Waals surface area contributed by atoms with Crippen molar-refractivity contribution in [2.75, 3.05) is 13.1 Å². The fourth-order valence-electron chi connectivity index (χ4n) is 4.70. The summed E-state index contributed by atoms with van der Waals surface area (Å²) in [5, 5.41) is 14.2. The van der Waals surface area contributed by atoms with E-state index >= 15 is 0 Å². The van der Waals surface area contributed by atoms with Crippen LogP contribution in [-0.4, -0.2) is 29.0 Å². The second-order valence-electron chi connectivity index (χ2n) is 11.7. The molecule has 0 radical (unpaired) electrons. The Hall–Kier alpha value is -2.33. The molecule has 4 nitrogen and oxygen atoms in total. The van der Waals surface area contributed by atoms with E-state index in [0.717, 1.165) is 49.2 Å². The Kier molecular flexibility index (Phi) is 7.58. The minimum atomic E-state index is -0.124. The van der Waals surface area contributed by atoms with Gasteiger partial charge in [0, 0.05) is 12.5 Å². The molecule has 4 heteroatoms. The lowest BCUT2D eigenvalue weighted by molar-refractivity contribution is -0.127. The molecule has 1 amide bonds. The van der Waals surface area contributed by atoms with Gasteiger partial charge < -0.3 is 10.4 Å². The van der Waals surface area contributed by atoms with Crippen molar-refractivity contribution in [1.29, 1.82) is 0 Å². The topological polar surface area (TPSA) is 52.6 Å². The Labute approximate surface area is 200 Å². The second kappa shape index (κ2) is 9.89. The number of hydrogen-bond donors (Lipinski definition) is 2. The van der Waals surface area contributed by atoms with Gasteiger partial charge in [-0.25, -0.2) is 0 Å². The highest BCUT2D eigenvalue weighted by Crippen LogP contribution is 2.40. The van der Waals surface area contributed by atoms with Crippen molar-refractivity contribution in [2.24, 2.45) is 5.92 Å². The number of benzene rings is 2. The molecule has 2 N–H and O–H groups in total. The van der Waals surface area contributed by atoms with Crippen LogP contribution in [0.15, 0.2) is 42.5 Å². The van der Waals surface area contributed by atoms with Gasteiger partial charge in [0.15, 0.2) is 0 Å². The van der Waals surface area contributed by atoms with Gasteiger partial charge in [-0.15, -0.1) is 0 Å². The Balaban J connectivity index is 1.64. The van der Waals surface area contributed by atoms with Gasteiger partial charge in [0.2, 0.25) is 5.91 Å². The van der Waals surface area contributed by atoms with Gasteiger partial charge in [-0.1, -0.05) is 84.0 Å². The first kappa shape index (κ1) is 25.3. The lowest BCUT2D eigenvalue weighted by atomic mass is 9.78. The lowest BCUT2D eigenvalue weighted by Crippen LogP contribution is -2.41. The first-order valence-electron chi connectivity index (χ1n) is 12.3. The van der Waals surface area contributed by atoms with Crippen LogP contribution in [0.1, 0.15) is 89.6 Å². The van der Waals surface area contributed by atoms with E-state index in [2.05, 4.69) is 76.0 Å². The van der Waals surface area contributed by atoms with Crippen LogP contribution >= 0.6 is 0 Å². The molecule has 0 saturated carbocycles. The number of nitrogens with one attached hydrogen (secondary N) is 1. The Morgan fingerprint density at radius 2 is 1.52 bits per heavy atom. The van der Waals surface area contributed by atoms with E-state index < -0.39 is 0 Å². The molecule has 1 aliphatic rings. The maximum Gasteiger partial charge on any atom is 0.223 e. The van der Waals surface area contributed by atoms with Gasteiger partial charge in [0.1, 0.15) is 5.75 Å². The normalized spacial score (nSPS) is 17.1. The van der Waals surface area contributed by atoms with Crippen molar-refractivity contribution in [2.45, 2.75) is 84.7 Å². The molecule has 1 atom stereocenters. The highest BCUT2D eigenvalue weighted by Gasteiger charge is 2.29. The number of aromatic hydroxyl groups is 1. The van der Waals surface area contributed by atoms with Crippen molar-refractivity contribution in [3.8, 4) is 5.75 Å². The number of phenols is 1. The summed E-state index contributed by atoms with van der Waals surface area (Å²) in [6, 6.07) is 14.5. The number of hydrogen-bond acceptors (Lipinski definition) is 3. The summed E-state index contributed by atoms with van der Waals surface area (Å²) in [4.78, 5) is 15.3. The van der Waals surface area contributed by atoms with Crippen molar-refractivity contribution >= 4 is 5.91 Å². The predicted octanol–water partition coefficient (Wildman–Crippen LogP) is 6.08. The summed E-state index contributed by atoms with van der Waals surface area (Å²) < 4.78 is 0. The lowest BCUT2D eigenvalue weighted by Gasteiger charge is -2.33. The first-order valence-corrected chi connectivity index (χ1v) is 12.3. The van der Waals surface area contributed by atoms with Gasteiger partial charge in [-0.3, -0.25) is 9.69 Å². The Morgan fingerprint density at radius 3 is 2.00 bits per heavy atom. The Morgan fingerprint density at radius 1 is 1.00 bits per heavy atom. The maximum absolute atomic E-state index is 12.8. The number of phenolic OH excluding ortho intramolecular Hbond substituents is 1. The van der Waals surface area contributed by atoms with Crippen LogP contribution in [0.4, 0.5) is 0 Å². The average Bonchev–Trinajstić information content (AvgIpc) is 2.74. The Bertz CT molecular complexity index is 911. The number of rotatable bonds is 5. The SMILES string of the molecule is CC(NC(=O)C1CCN(Cc2cc(C(C)(C)C)c(O)c(C(C)(C)C)c2)CC1)c1ccccc1. The van der Waals surface area contributed by atoms with Crippen molar-refractivity contribution in [1.82, 2.24) is 10.2 Å². The average molecular weight is 451 g/mol. The second-order valence-corrected chi connectivity index (χ2v) is 11.7. The van der Waals surface area contributed by atoms with E-state index in [0.29, 0.717) is 5.75 Å². The van der Waals surface area contributed by atoms with Gasteiger partial charge in [0.25, 0.3) is 0 Å². The van der Waals surface area contributed by atoms with E-state index in [1.165, 1.54) is 5.56 Å². The summed E-state index contributed by atoms with van der Waals surface area (Å²) in [5.41, 5.74) is 4.15. The number of piperidine rings is 1. The fourth-order valence-corrected chi connectivity index (χ4v) is 4.70. The zero-order valence-corrected chi connectivity index (χ0v) is 21.5. The molecule has 180 valence electrons. The standard InChI is InChI=1S/C29H42N2O2/c1-20(22-11-9-8-10-12-22)30-27(33)23-13-15-31(16-14-23)19-21-17-24(28(2,3)4)26(32)25(18-21)29(5,6)7/h8-12,17-18,20,23,32H,13-16,19H2,1-7H3,(H,30,33).